The number of fused-ring (bicyclic) bond motifs is 1. The lowest BCUT2D eigenvalue weighted by atomic mass is 10.0. The number of carbonyl (C=O) groups excluding carboxylic acids is 1. The number of piperidine rings is 1. The summed E-state index contributed by atoms with van der Waals surface area (Å²) >= 11 is 6.17. The Labute approximate surface area is 148 Å². The zero-order valence-corrected chi connectivity index (χ0v) is 14.9. The predicted octanol–water partition coefficient (Wildman–Crippen LogP) is 3.34. The number of amides is 2. The summed E-state index contributed by atoms with van der Waals surface area (Å²) in [5.74, 6) is 0.692. The van der Waals surface area contributed by atoms with Gasteiger partial charge in [0.05, 0.1) is 17.7 Å². The average molecular weight is 352 g/mol. The van der Waals surface area contributed by atoms with Gasteiger partial charge in [0.2, 0.25) is 0 Å². The number of nitrogens with zero attached hydrogens (tertiary/aromatic N) is 1. The van der Waals surface area contributed by atoms with E-state index in [0.29, 0.717) is 30.0 Å². The van der Waals surface area contributed by atoms with Gasteiger partial charge in [0.1, 0.15) is 5.75 Å². The third-order valence-corrected chi connectivity index (χ3v) is 5.25. The maximum Gasteiger partial charge on any atom is 0.315 e. The van der Waals surface area contributed by atoms with E-state index in [4.69, 9.17) is 16.3 Å². The minimum atomic E-state index is -0.127. The highest BCUT2D eigenvalue weighted by Crippen LogP contribution is 2.37. The molecule has 2 N–H and O–H groups in total. The molecule has 3 rings (SSSR count). The van der Waals surface area contributed by atoms with Gasteiger partial charge in [0.15, 0.2) is 0 Å². The van der Waals surface area contributed by atoms with Crippen LogP contribution in [0.15, 0.2) is 18.2 Å². The Balaban J connectivity index is 1.48. The summed E-state index contributed by atoms with van der Waals surface area (Å²) in [5.41, 5.74) is 0.952. The molecular formula is C18H26ClN3O2. The number of halogens is 1. The van der Waals surface area contributed by atoms with Gasteiger partial charge in [-0.3, -0.25) is 4.90 Å². The number of para-hydroxylation sites is 1. The Kier molecular flexibility index (Phi) is 5.85. The first-order valence-electron chi connectivity index (χ1n) is 8.85. The van der Waals surface area contributed by atoms with Crippen LogP contribution in [-0.4, -0.2) is 43.2 Å². The van der Waals surface area contributed by atoms with Gasteiger partial charge >= 0.3 is 6.03 Å². The smallest absolute Gasteiger partial charge is 0.315 e. The van der Waals surface area contributed by atoms with Crippen molar-refractivity contribution >= 4 is 17.6 Å². The van der Waals surface area contributed by atoms with Crippen LogP contribution in [-0.2, 0) is 0 Å². The average Bonchev–Trinajstić information content (AvgIpc) is 2.58. The lowest BCUT2D eigenvalue weighted by Crippen LogP contribution is -2.45. The van der Waals surface area contributed by atoms with Gasteiger partial charge in [-0.1, -0.05) is 30.2 Å². The lowest BCUT2D eigenvalue weighted by molar-refractivity contribution is 0.161. The topological polar surface area (TPSA) is 53.6 Å². The second kappa shape index (κ2) is 8.08. The van der Waals surface area contributed by atoms with Crippen molar-refractivity contribution in [2.75, 3.05) is 26.2 Å². The third-order valence-electron chi connectivity index (χ3n) is 4.96. The maximum absolute atomic E-state index is 12.2. The standard InChI is InChI=1S/C18H26ClN3O2/c1-13-5-2-3-10-22(13)11-9-20-18(23)21-16-8-12-24-17-14(16)6-4-7-15(17)19/h4,6-7,13,16H,2-3,5,8-12H2,1H3,(H2,20,21,23)/t13-,16-/m0/s1. The van der Waals surface area contributed by atoms with E-state index in [9.17, 15) is 4.79 Å². The summed E-state index contributed by atoms with van der Waals surface area (Å²) in [6, 6.07) is 6.09. The Bertz CT molecular complexity index is 581. The molecule has 0 aliphatic carbocycles. The molecule has 0 bridgehead atoms. The molecule has 1 fully saturated rings. The Morgan fingerprint density at radius 3 is 3.08 bits per heavy atom. The Hall–Kier alpha value is -1.46. The number of likely N-dealkylation sites (tertiary alicyclic amines) is 1. The highest BCUT2D eigenvalue weighted by atomic mass is 35.5. The molecule has 0 aromatic heterocycles. The zero-order chi connectivity index (χ0) is 16.9. The number of benzene rings is 1. The molecule has 2 atom stereocenters. The molecule has 24 heavy (non-hydrogen) atoms. The number of ether oxygens (including phenoxy) is 1. The molecular weight excluding hydrogens is 326 g/mol. The number of hydrogen-bond donors (Lipinski definition) is 2. The fourth-order valence-electron chi connectivity index (χ4n) is 3.55. The molecule has 5 nitrogen and oxygen atoms in total. The number of nitrogens with one attached hydrogen (secondary N) is 2. The molecule has 2 aliphatic rings. The van der Waals surface area contributed by atoms with Crippen LogP contribution in [0.2, 0.25) is 5.02 Å². The third kappa shape index (κ3) is 4.14. The van der Waals surface area contributed by atoms with Crippen LogP contribution in [0, 0.1) is 0 Å². The minimum Gasteiger partial charge on any atom is -0.492 e. The maximum atomic E-state index is 12.2. The monoisotopic (exact) mass is 351 g/mol. The quantitative estimate of drug-likeness (QED) is 0.874. The van der Waals surface area contributed by atoms with E-state index in [-0.39, 0.29) is 12.1 Å². The van der Waals surface area contributed by atoms with Crippen molar-refractivity contribution in [1.82, 2.24) is 15.5 Å². The Morgan fingerprint density at radius 1 is 1.38 bits per heavy atom. The van der Waals surface area contributed by atoms with Gasteiger partial charge in [-0.25, -0.2) is 4.79 Å². The summed E-state index contributed by atoms with van der Waals surface area (Å²) in [6.07, 6.45) is 4.59. The minimum absolute atomic E-state index is 0.0543. The summed E-state index contributed by atoms with van der Waals surface area (Å²) < 4.78 is 5.63. The SMILES string of the molecule is C[C@H]1CCCCN1CCNC(=O)N[C@H]1CCOc2c(Cl)cccc21. The van der Waals surface area contributed by atoms with E-state index >= 15 is 0 Å². The summed E-state index contributed by atoms with van der Waals surface area (Å²) in [4.78, 5) is 14.7. The molecule has 2 amide bonds. The first-order chi connectivity index (χ1) is 11.6. The second-order valence-electron chi connectivity index (χ2n) is 6.63. The molecule has 1 aromatic carbocycles. The number of urea groups is 1. The molecule has 132 valence electrons. The predicted molar refractivity (Wildman–Crippen MR) is 95.7 cm³/mol. The normalized spacial score (nSPS) is 23.9. The molecule has 2 aliphatic heterocycles. The van der Waals surface area contributed by atoms with Crippen molar-refractivity contribution in [2.24, 2.45) is 0 Å². The number of carbonyl (C=O) groups is 1. The van der Waals surface area contributed by atoms with E-state index < -0.39 is 0 Å². The van der Waals surface area contributed by atoms with E-state index in [1.54, 1.807) is 0 Å². The van der Waals surface area contributed by atoms with Crippen molar-refractivity contribution in [3.8, 4) is 5.75 Å². The second-order valence-corrected chi connectivity index (χ2v) is 7.04. The van der Waals surface area contributed by atoms with Crippen molar-refractivity contribution in [3.05, 3.63) is 28.8 Å². The molecule has 0 spiro atoms. The fraction of sp³-hybridized carbons (Fsp3) is 0.611. The van der Waals surface area contributed by atoms with Crippen LogP contribution in [0.5, 0.6) is 5.75 Å². The van der Waals surface area contributed by atoms with E-state index in [2.05, 4.69) is 22.5 Å². The number of hydrogen-bond acceptors (Lipinski definition) is 3. The molecule has 0 saturated carbocycles. The Morgan fingerprint density at radius 2 is 2.25 bits per heavy atom. The summed E-state index contributed by atoms with van der Waals surface area (Å²) in [6.45, 7) is 5.54. The van der Waals surface area contributed by atoms with E-state index in [1.807, 2.05) is 18.2 Å². The van der Waals surface area contributed by atoms with Crippen LogP contribution in [0.3, 0.4) is 0 Å². The van der Waals surface area contributed by atoms with Crippen LogP contribution in [0.25, 0.3) is 0 Å². The van der Waals surface area contributed by atoms with Gasteiger partial charge in [0.25, 0.3) is 0 Å². The van der Waals surface area contributed by atoms with Gasteiger partial charge in [0, 0.05) is 31.1 Å². The molecule has 1 aromatic rings. The summed E-state index contributed by atoms with van der Waals surface area (Å²) in [7, 11) is 0. The van der Waals surface area contributed by atoms with E-state index in [1.165, 1.54) is 19.3 Å². The molecule has 6 heteroatoms. The fourth-order valence-corrected chi connectivity index (χ4v) is 3.78. The number of rotatable bonds is 4. The van der Waals surface area contributed by atoms with Crippen LogP contribution < -0.4 is 15.4 Å². The van der Waals surface area contributed by atoms with Gasteiger partial charge < -0.3 is 15.4 Å². The van der Waals surface area contributed by atoms with Gasteiger partial charge in [-0.15, -0.1) is 0 Å². The lowest BCUT2D eigenvalue weighted by Gasteiger charge is -2.33. The van der Waals surface area contributed by atoms with Crippen LogP contribution in [0.4, 0.5) is 4.79 Å². The molecule has 0 unspecified atom stereocenters. The molecule has 1 saturated heterocycles. The zero-order valence-electron chi connectivity index (χ0n) is 14.2. The van der Waals surface area contributed by atoms with Crippen molar-refractivity contribution in [3.63, 3.8) is 0 Å². The van der Waals surface area contributed by atoms with Crippen molar-refractivity contribution in [1.29, 1.82) is 0 Å². The van der Waals surface area contributed by atoms with Crippen LogP contribution >= 0.6 is 11.6 Å². The first-order valence-corrected chi connectivity index (χ1v) is 9.22. The van der Waals surface area contributed by atoms with E-state index in [0.717, 1.165) is 25.1 Å². The highest BCUT2D eigenvalue weighted by molar-refractivity contribution is 6.32. The summed E-state index contributed by atoms with van der Waals surface area (Å²) in [5, 5.41) is 6.62. The highest BCUT2D eigenvalue weighted by Gasteiger charge is 2.24. The van der Waals surface area contributed by atoms with Gasteiger partial charge in [-0.05, 0) is 32.4 Å². The van der Waals surface area contributed by atoms with Crippen molar-refractivity contribution < 1.29 is 9.53 Å². The first kappa shape index (κ1) is 17.4. The van der Waals surface area contributed by atoms with Crippen molar-refractivity contribution in [2.45, 2.75) is 44.7 Å². The largest absolute Gasteiger partial charge is 0.492 e. The molecule has 2 heterocycles. The van der Waals surface area contributed by atoms with Gasteiger partial charge in [-0.2, -0.15) is 0 Å². The van der Waals surface area contributed by atoms with Crippen LogP contribution in [0.1, 0.15) is 44.2 Å². The molecule has 0 radical (unpaired) electrons.